The van der Waals surface area contributed by atoms with E-state index in [0.717, 1.165) is 23.1 Å². The summed E-state index contributed by atoms with van der Waals surface area (Å²) in [6, 6.07) is 24.6. The predicted molar refractivity (Wildman–Crippen MR) is 129 cm³/mol. The van der Waals surface area contributed by atoms with Crippen LogP contribution in [0.15, 0.2) is 72.8 Å². The van der Waals surface area contributed by atoms with Gasteiger partial charge in [0.15, 0.2) is 11.5 Å². The SMILES string of the molecule is COc1cc2ccc(Oc3ccc(Cc4ccc(C(C)(C)C)cc4)cc3)nc2cc1OC. The Hall–Kier alpha value is -3.53. The number of nitrogens with zero attached hydrogens (tertiary/aromatic N) is 1. The average Bonchev–Trinajstić information content (AvgIpc) is 2.79. The van der Waals surface area contributed by atoms with Gasteiger partial charge in [-0.1, -0.05) is 57.2 Å². The quantitative estimate of drug-likeness (QED) is 0.334. The zero-order valence-electron chi connectivity index (χ0n) is 19.3. The van der Waals surface area contributed by atoms with Gasteiger partial charge in [-0.2, -0.15) is 0 Å². The molecule has 0 fully saturated rings. The lowest BCUT2D eigenvalue weighted by Gasteiger charge is -2.19. The van der Waals surface area contributed by atoms with Crippen molar-refractivity contribution in [3.05, 3.63) is 89.5 Å². The van der Waals surface area contributed by atoms with E-state index < -0.39 is 0 Å². The van der Waals surface area contributed by atoms with Gasteiger partial charge in [-0.3, -0.25) is 0 Å². The molecule has 0 saturated heterocycles. The zero-order valence-corrected chi connectivity index (χ0v) is 19.3. The van der Waals surface area contributed by atoms with E-state index in [1.54, 1.807) is 14.2 Å². The molecule has 1 heterocycles. The van der Waals surface area contributed by atoms with E-state index in [9.17, 15) is 0 Å². The molecule has 0 radical (unpaired) electrons. The summed E-state index contributed by atoms with van der Waals surface area (Å²) in [7, 11) is 3.24. The van der Waals surface area contributed by atoms with Crippen LogP contribution >= 0.6 is 0 Å². The van der Waals surface area contributed by atoms with Crippen molar-refractivity contribution in [1.29, 1.82) is 0 Å². The van der Waals surface area contributed by atoms with Crippen molar-refractivity contribution in [1.82, 2.24) is 4.98 Å². The van der Waals surface area contributed by atoms with Gasteiger partial charge in [-0.05, 0) is 52.8 Å². The van der Waals surface area contributed by atoms with E-state index in [0.29, 0.717) is 17.4 Å². The van der Waals surface area contributed by atoms with E-state index in [1.807, 2.05) is 36.4 Å². The first-order chi connectivity index (χ1) is 15.4. The summed E-state index contributed by atoms with van der Waals surface area (Å²) in [6.07, 6.45) is 0.889. The number of pyridine rings is 1. The van der Waals surface area contributed by atoms with Crippen LogP contribution in [0.1, 0.15) is 37.5 Å². The normalized spacial score (nSPS) is 11.4. The highest BCUT2D eigenvalue weighted by Gasteiger charge is 2.13. The van der Waals surface area contributed by atoms with E-state index >= 15 is 0 Å². The van der Waals surface area contributed by atoms with Gasteiger partial charge in [0, 0.05) is 17.5 Å². The number of fused-ring (bicyclic) bond motifs is 1. The summed E-state index contributed by atoms with van der Waals surface area (Å²) in [5.41, 5.74) is 4.85. The van der Waals surface area contributed by atoms with E-state index in [2.05, 4.69) is 62.2 Å². The lowest BCUT2D eigenvalue weighted by atomic mass is 9.86. The third-order valence-corrected chi connectivity index (χ3v) is 5.54. The van der Waals surface area contributed by atoms with Gasteiger partial charge < -0.3 is 14.2 Å². The summed E-state index contributed by atoms with van der Waals surface area (Å²) >= 11 is 0. The first-order valence-corrected chi connectivity index (χ1v) is 10.7. The van der Waals surface area contributed by atoms with Crippen molar-refractivity contribution in [3.63, 3.8) is 0 Å². The Labute approximate surface area is 189 Å². The highest BCUT2D eigenvalue weighted by molar-refractivity contribution is 5.83. The van der Waals surface area contributed by atoms with E-state index in [4.69, 9.17) is 14.2 Å². The van der Waals surface area contributed by atoms with Gasteiger partial charge >= 0.3 is 0 Å². The maximum atomic E-state index is 5.99. The van der Waals surface area contributed by atoms with Crippen LogP contribution in [-0.2, 0) is 11.8 Å². The predicted octanol–water partition coefficient (Wildman–Crippen LogP) is 6.93. The number of benzene rings is 3. The van der Waals surface area contributed by atoms with Crippen molar-refractivity contribution >= 4 is 10.9 Å². The third kappa shape index (κ3) is 4.86. The Bertz CT molecular complexity index is 1210. The van der Waals surface area contributed by atoms with Crippen molar-refractivity contribution in [2.24, 2.45) is 0 Å². The molecule has 0 bridgehead atoms. The molecule has 4 heteroatoms. The summed E-state index contributed by atoms with van der Waals surface area (Å²) in [5.74, 6) is 2.61. The van der Waals surface area contributed by atoms with Crippen LogP contribution < -0.4 is 14.2 Å². The van der Waals surface area contributed by atoms with E-state index in [-0.39, 0.29) is 5.41 Å². The van der Waals surface area contributed by atoms with Gasteiger partial charge in [0.2, 0.25) is 5.88 Å². The Kier molecular flexibility index (Phi) is 6.04. The fourth-order valence-electron chi connectivity index (χ4n) is 3.64. The fraction of sp³-hybridized carbons (Fsp3) is 0.250. The zero-order chi connectivity index (χ0) is 22.7. The van der Waals surface area contributed by atoms with Crippen LogP contribution in [0.5, 0.6) is 23.1 Å². The molecule has 0 amide bonds. The number of methoxy groups -OCH3 is 2. The van der Waals surface area contributed by atoms with Gasteiger partial charge in [0.1, 0.15) is 5.75 Å². The minimum absolute atomic E-state index is 0.172. The van der Waals surface area contributed by atoms with Crippen LogP contribution in [0.3, 0.4) is 0 Å². The third-order valence-electron chi connectivity index (χ3n) is 5.54. The highest BCUT2D eigenvalue weighted by atomic mass is 16.5. The molecule has 32 heavy (non-hydrogen) atoms. The lowest BCUT2D eigenvalue weighted by Crippen LogP contribution is -2.10. The molecule has 0 N–H and O–H groups in total. The van der Waals surface area contributed by atoms with Gasteiger partial charge in [0.25, 0.3) is 0 Å². The Morgan fingerprint density at radius 3 is 1.91 bits per heavy atom. The summed E-state index contributed by atoms with van der Waals surface area (Å²) in [5, 5.41) is 0.961. The lowest BCUT2D eigenvalue weighted by molar-refractivity contribution is 0.355. The van der Waals surface area contributed by atoms with Crippen LogP contribution in [0.2, 0.25) is 0 Å². The smallest absolute Gasteiger partial charge is 0.219 e. The molecule has 0 unspecified atom stereocenters. The molecule has 3 aromatic carbocycles. The molecule has 4 aromatic rings. The van der Waals surface area contributed by atoms with Gasteiger partial charge in [-0.25, -0.2) is 4.98 Å². The Morgan fingerprint density at radius 2 is 1.31 bits per heavy atom. The monoisotopic (exact) mass is 427 g/mol. The van der Waals surface area contributed by atoms with Crippen molar-refractivity contribution in [2.45, 2.75) is 32.6 Å². The van der Waals surface area contributed by atoms with Crippen molar-refractivity contribution in [2.75, 3.05) is 14.2 Å². The molecule has 164 valence electrons. The van der Waals surface area contributed by atoms with Crippen molar-refractivity contribution < 1.29 is 14.2 Å². The second-order valence-electron chi connectivity index (χ2n) is 8.92. The molecule has 0 saturated carbocycles. The maximum Gasteiger partial charge on any atom is 0.219 e. The Balaban J connectivity index is 1.47. The summed E-state index contributed by atoms with van der Waals surface area (Å²) in [4.78, 5) is 4.61. The van der Waals surface area contributed by atoms with Gasteiger partial charge in [0.05, 0.1) is 19.7 Å². The second kappa shape index (κ2) is 8.91. The first kappa shape index (κ1) is 21.7. The first-order valence-electron chi connectivity index (χ1n) is 10.7. The standard InChI is InChI=1S/C28H29NO3/c1-28(2,3)22-11-6-19(7-12-22)16-20-8-13-23(14-9-20)32-27-15-10-21-17-25(30-4)26(31-5)18-24(21)29-27/h6-15,17-18H,16H2,1-5H3. The summed E-state index contributed by atoms with van der Waals surface area (Å²) in [6.45, 7) is 6.70. The summed E-state index contributed by atoms with van der Waals surface area (Å²) < 4.78 is 16.7. The Morgan fingerprint density at radius 1 is 0.719 bits per heavy atom. The van der Waals surface area contributed by atoms with Crippen LogP contribution in [0, 0.1) is 0 Å². The molecule has 0 aliphatic heterocycles. The number of hydrogen-bond acceptors (Lipinski definition) is 4. The highest BCUT2D eigenvalue weighted by Crippen LogP contribution is 2.33. The molecule has 1 aromatic heterocycles. The number of rotatable bonds is 6. The van der Waals surface area contributed by atoms with Crippen LogP contribution in [-0.4, -0.2) is 19.2 Å². The largest absolute Gasteiger partial charge is 0.493 e. The number of ether oxygens (including phenoxy) is 3. The molecular formula is C28H29NO3. The average molecular weight is 428 g/mol. The second-order valence-corrected chi connectivity index (χ2v) is 8.92. The molecule has 0 atom stereocenters. The molecule has 0 spiro atoms. The molecule has 4 rings (SSSR count). The molecular weight excluding hydrogens is 398 g/mol. The minimum Gasteiger partial charge on any atom is -0.493 e. The van der Waals surface area contributed by atoms with Crippen LogP contribution in [0.25, 0.3) is 10.9 Å². The number of aromatic nitrogens is 1. The topological polar surface area (TPSA) is 40.6 Å². The fourth-order valence-corrected chi connectivity index (χ4v) is 3.64. The van der Waals surface area contributed by atoms with Gasteiger partial charge in [-0.15, -0.1) is 0 Å². The molecule has 0 aliphatic carbocycles. The number of hydrogen-bond donors (Lipinski definition) is 0. The van der Waals surface area contributed by atoms with Crippen LogP contribution in [0.4, 0.5) is 0 Å². The maximum absolute atomic E-state index is 5.99. The molecule has 0 aliphatic rings. The van der Waals surface area contributed by atoms with Crippen molar-refractivity contribution in [3.8, 4) is 23.1 Å². The molecule has 4 nitrogen and oxygen atoms in total. The van der Waals surface area contributed by atoms with E-state index in [1.165, 1.54) is 16.7 Å². The minimum atomic E-state index is 0.172.